The monoisotopic (exact) mass is 364 g/mol. The van der Waals surface area contributed by atoms with Crippen molar-refractivity contribution >= 4 is 23.2 Å². The molecule has 2 N–H and O–H groups in total. The first kappa shape index (κ1) is 18.3. The van der Waals surface area contributed by atoms with Crippen molar-refractivity contribution in [2.45, 2.75) is 20.0 Å². The number of carbonyl (C=O) groups excluding carboxylic acids is 2. The lowest BCUT2D eigenvalue weighted by molar-refractivity contribution is 0.0995. The van der Waals surface area contributed by atoms with Gasteiger partial charge in [-0.1, -0.05) is 12.1 Å². The summed E-state index contributed by atoms with van der Waals surface area (Å²) in [6.07, 6.45) is 1.46. The van der Waals surface area contributed by atoms with Crippen LogP contribution in [-0.4, -0.2) is 17.9 Å². The van der Waals surface area contributed by atoms with E-state index in [9.17, 15) is 9.59 Å². The van der Waals surface area contributed by atoms with Gasteiger partial charge in [-0.05, 0) is 62.4 Å². The number of amides is 2. The smallest absolute Gasteiger partial charge is 0.291 e. The van der Waals surface area contributed by atoms with E-state index >= 15 is 0 Å². The minimum Gasteiger partial charge on any atom is -0.491 e. The number of rotatable bonds is 6. The molecule has 0 aliphatic heterocycles. The number of benzene rings is 2. The molecule has 27 heavy (non-hydrogen) atoms. The highest BCUT2D eigenvalue weighted by molar-refractivity contribution is 6.05. The van der Waals surface area contributed by atoms with E-state index in [0.717, 1.165) is 0 Å². The molecule has 0 fully saturated rings. The summed E-state index contributed by atoms with van der Waals surface area (Å²) in [6.45, 7) is 3.85. The van der Waals surface area contributed by atoms with Crippen LogP contribution in [0.2, 0.25) is 0 Å². The fourth-order valence-electron chi connectivity index (χ4n) is 2.46. The van der Waals surface area contributed by atoms with Crippen LogP contribution in [0.15, 0.2) is 71.3 Å². The molecule has 1 aromatic heterocycles. The Kier molecular flexibility index (Phi) is 5.56. The summed E-state index contributed by atoms with van der Waals surface area (Å²) in [4.78, 5) is 24.6. The van der Waals surface area contributed by atoms with Crippen LogP contribution < -0.4 is 15.4 Å². The van der Waals surface area contributed by atoms with E-state index in [2.05, 4.69) is 10.6 Å². The average Bonchev–Trinajstić information content (AvgIpc) is 3.16. The number of nitrogens with one attached hydrogen (secondary N) is 2. The van der Waals surface area contributed by atoms with Gasteiger partial charge < -0.3 is 19.8 Å². The molecule has 0 spiro atoms. The molecule has 1 heterocycles. The van der Waals surface area contributed by atoms with Crippen LogP contribution in [-0.2, 0) is 0 Å². The van der Waals surface area contributed by atoms with Crippen LogP contribution in [0.5, 0.6) is 5.75 Å². The third-order valence-corrected chi connectivity index (χ3v) is 3.59. The molecular weight excluding hydrogens is 344 g/mol. The number of ether oxygens (including phenoxy) is 1. The van der Waals surface area contributed by atoms with Crippen molar-refractivity contribution in [1.29, 1.82) is 0 Å². The molecule has 0 saturated carbocycles. The molecule has 6 nitrogen and oxygen atoms in total. The standard InChI is InChI=1S/C21H20N2O4/c1-14(2)27-18-9-3-6-15(12-18)20(24)22-16-7-4-8-17(13-16)23-21(25)19-10-5-11-26-19/h3-14H,1-2H3,(H,22,24)(H,23,25). The number of furan rings is 1. The zero-order valence-corrected chi connectivity index (χ0v) is 15.1. The third-order valence-electron chi connectivity index (χ3n) is 3.59. The summed E-state index contributed by atoms with van der Waals surface area (Å²) in [5, 5.41) is 5.54. The molecule has 0 aliphatic rings. The van der Waals surface area contributed by atoms with Gasteiger partial charge in [0.2, 0.25) is 0 Å². The van der Waals surface area contributed by atoms with Gasteiger partial charge in [-0.15, -0.1) is 0 Å². The second kappa shape index (κ2) is 8.23. The molecule has 3 rings (SSSR count). The second-order valence-corrected chi connectivity index (χ2v) is 6.16. The summed E-state index contributed by atoms with van der Waals surface area (Å²) in [5.74, 6) is 0.226. The Morgan fingerprint density at radius 3 is 2.26 bits per heavy atom. The molecule has 2 aromatic carbocycles. The first-order valence-corrected chi connectivity index (χ1v) is 8.54. The lowest BCUT2D eigenvalue weighted by Crippen LogP contribution is -2.14. The predicted octanol–water partition coefficient (Wildman–Crippen LogP) is 4.57. The highest BCUT2D eigenvalue weighted by atomic mass is 16.5. The minimum atomic E-state index is -0.359. The van der Waals surface area contributed by atoms with E-state index in [1.165, 1.54) is 6.26 Å². The number of anilines is 2. The largest absolute Gasteiger partial charge is 0.491 e. The predicted molar refractivity (Wildman–Crippen MR) is 103 cm³/mol. The van der Waals surface area contributed by atoms with E-state index in [-0.39, 0.29) is 23.7 Å². The summed E-state index contributed by atoms with van der Waals surface area (Å²) in [5.41, 5.74) is 1.59. The zero-order chi connectivity index (χ0) is 19.2. The Morgan fingerprint density at radius 2 is 1.59 bits per heavy atom. The Labute approximate surface area is 157 Å². The van der Waals surface area contributed by atoms with Gasteiger partial charge in [0.25, 0.3) is 11.8 Å². The molecule has 0 saturated heterocycles. The SMILES string of the molecule is CC(C)Oc1cccc(C(=O)Nc2cccc(NC(=O)c3ccco3)c2)c1. The van der Waals surface area contributed by atoms with Gasteiger partial charge in [-0.3, -0.25) is 9.59 Å². The fraction of sp³-hybridized carbons (Fsp3) is 0.143. The Hall–Kier alpha value is -3.54. The summed E-state index contributed by atoms with van der Waals surface area (Å²) < 4.78 is 10.7. The zero-order valence-electron chi connectivity index (χ0n) is 15.1. The molecule has 0 radical (unpaired) electrons. The third kappa shape index (κ3) is 4.98. The minimum absolute atomic E-state index is 0.0257. The van der Waals surface area contributed by atoms with Gasteiger partial charge in [0.1, 0.15) is 5.75 Å². The van der Waals surface area contributed by atoms with Gasteiger partial charge in [-0.2, -0.15) is 0 Å². The highest BCUT2D eigenvalue weighted by Gasteiger charge is 2.11. The van der Waals surface area contributed by atoms with E-state index < -0.39 is 0 Å². The van der Waals surface area contributed by atoms with Crippen molar-refractivity contribution < 1.29 is 18.7 Å². The molecule has 3 aromatic rings. The molecule has 0 atom stereocenters. The molecule has 0 aliphatic carbocycles. The number of hydrogen-bond acceptors (Lipinski definition) is 4. The topological polar surface area (TPSA) is 80.6 Å². The van der Waals surface area contributed by atoms with E-state index in [0.29, 0.717) is 22.7 Å². The van der Waals surface area contributed by atoms with Crippen molar-refractivity contribution in [3.8, 4) is 5.75 Å². The molecule has 6 heteroatoms. The van der Waals surface area contributed by atoms with Crippen LogP contribution >= 0.6 is 0 Å². The molecule has 0 unspecified atom stereocenters. The van der Waals surface area contributed by atoms with Crippen molar-refractivity contribution in [3.63, 3.8) is 0 Å². The van der Waals surface area contributed by atoms with Crippen molar-refractivity contribution in [1.82, 2.24) is 0 Å². The molecular formula is C21H20N2O4. The van der Waals surface area contributed by atoms with Crippen molar-refractivity contribution in [2.24, 2.45) is 0 Å². The Bertz CT molecular complexity index is 933. The first-order chi connectivity index (χ1) is 13.0. The van der Waals surface area contributed by atoms with Crippen molar-refractivity contribution in [3.05, 3.63) is 78.3 Å². The normalized spacial score (nSPS) is 10.5. The summed E-state index contributed by atoms with van der Waals surface area (Å²) in [7, 11) is 0. The maximum atomic E-state index is 12.5. The van der Waals surface area contributed by atoms with Gasteiger partial charge in [0, 0.05) is 16.9 Å². The van der Waals surface area contributed by atoms with Crippen LogP contribution in [0.4, 0.5) is 11.4 Å². The van der Waals surface area contributed by atoms with Gasteiger partial charge in [0.15, 0.2) is 5.76 Å². The summed E-state index contributed by atoms with van der Waals surface area (Å²) in [6, 6.07) is 17.1. The van der Waals surface area contributed by atoms with Crippen molar-refractivity contribution in [2.75, 3.05) is 10.6 Å². The van der Waals surface area contributed by atoms with Crippen LogP contribution in [0.1, 0.15) is 34.8 Å². The quantitative estimate of drug-likeness (QED) is 0.671. The maximum absolute atomic E-state index is 12.5. The van der Waals surface area contributed by atoms with Crippen LogP contribution in [0, 0.1) is 0 Å². The molecule has 138 valence electrons. The van der Waals surface area contributed by atoms with Gasteiger partial charge >= 0.3 is 0 Å². The Balaban J connectivity index is 1.69. The average molecular weight is 364 g/mol. The van der Waals surface area contributed by atoms with Gasteiger partial charge in [-0.25, -0.2) is 0 Å². The maximum Gasteiger partial charge on any atom is 0.291 e. The van der Waals surface area contributed by atoms with Crippen LogP contribution in [0.25, 0.3) is 0 Å². The molecule has 2 amide bonds. The number of carbonyl (C=O) groups is 2. The number of hydrogen-bond donors (Lipinski definition) is 2. The lowest BCUT2D eigenvalue weighted by Gasteiger charge is -2.11. The van der Waals surface area contributed by atoms with Gasteiger partial charge in [0.05, 0.1) is 12.4 Å². The lowest BCUT2D eigenvalue weighted by atomic mass is 10.2. The van der Waals surface area contributed by atoms with E-state index in [4.69, 9.17) is 9.15 Å². The molecule has 0 bridgehead atoms. The van der Waals surface area contributed by atoms with Crippen LogP contribution in [0.3, 0.4) is 0 Å². The first-order valence-electron chi connectivity index (χ1n) is 8.54. The second-order valence-electron chi connectivity index (χ2n) is 6.16. The summed E-state index contributed by atoms with van der Waals surface area (Å²) >= 11 is 0. The fourth-order valence-corrected chi connectivity index (χ4v) is 2.46. The Morgan fingerprint density at radius 1 is 0.889 bits per heavy atom. The highest BCUT2D eigenvalue weighted by Crippen LogP contribution is 2.19. The van der Waals surface area contributed by atoms with E-state index in [1.807, 2.05) is 19.9 Å². The van der Waals surface area contributed by atoms with E-state index in [1.54, 1.807) is 54.6 Å².